The number of aromatic nitrogens is 2. The summed E-state index contributed by atoms with van der Waals surface area (Å²) in [6, 6.07) is 8.60. The summed E-state index contributed by atoms with van der Waals surface area (Å²) >= 11 is 0. The molecule has 0 spiro atoms. The zero-order valence-electron chi connectivity index (χ0n) is 12.3. The van der Waals surface area contributed by atoms with Crippen molar-refractivity contribution in [2.75, 3.05) is 7.05 Å². The average molecular weight is 271 g/mol. The Bertz CT molecular complexity index is 606. The quantitative estimate of drug-likeness (QED) is 0.933. The zero-order valence-corrected chi connectivity index (χ0v) is 12.3. The molecule has 4 heteroatoms. The fraction of sp³-hybridized carbons (Fsp3) is 0.438. The van der Waals surface area contributed by atoms with Crippen LogP contribution in [0.25, 0.3) is 0 Å². The molecule has 0 aliphatic carbocycles. The lowest BCUT2D eigenvalue weighted by atomic mass is 9.93. The summed E-state index contributed by atoms with van der Waals surface area (Å²) in [6.45, 7) is 2.14. The Kier molecular flexibility index (Phi) is 3.49. The first-order chi connectivity index (χ1) is 9.72. The van der Waals surface area contributed by atoms with Crippen molar-refractivity contribution in [3.05, 3.63) is 47.3 Å². The summed E-state index contributed by atoms with van der Waals surface area (Å²) < 4.78 is 8.09. The van der Waals surface area contributed by atoms with Gasteiger partial charge in [0.2, 0.25) is 0 Å². The summed E-state index contributed by atoms with van der Waals surface area (Å²) in [7, 11) is 3.97. The minimum absolute atomic E-state index is 0.0750. The highest BCUT2D eigenvalue weighted by atomic mass is 16.5. The van der Waals surface area contributed by atoms with Gasteiger partial charge in [-0.3, -0.25) is 4.68 Å². The molecule has 3 rings (SSSR count). The third-order valence-corrected chi connectivity index (χ3v) is 3.98. The normalized spacial score (nSPS) is 21.4. The van der Waals surface area contributed by atoms with Gasteiger partial charge in [-0.2, -0.15) is 5.10 Å². The Balaban J connectivity index is 1.97. The largest absolute Gasteiger partial charge is 0.485 e. The van der Waals surface area contributed by atoms with E-state index < -0.39 is 0 Å². The van der Waals surface area contributed by atoms with Gasteiger partial charge in [-0.15, -0.1) is 0 Å². The second-order valence-corrected chi connectivity index (χ2v) is 5.28. The first-order valence-corrected chi connectivity index (χ1v) is 7.18. The van der Waals surface area contributed by atoms with Gasteiger partial charge in [0.1, 0.15) is 11.9 Å². The van der Waals surface area contributed by atoms with Crippen molar-refractivity contribution in [2.45, 2.75) is 31.9 Å². The van der Waals surface area contributed by atoms with Crippen LogP contribution in [0.15, 0.2) is 30.5 Å². The summed E-state index contributed by atoms with van der Waals surface area (Å²) in [4.78, 5) is 0. The van der Waals surface area contributed by atoms with Crippen LogP contribution < -0.4 is 10.1 Å². The van der Waals surface area contributed by atoms with Crippen LogP contribution >= 0.6 is 0 Å². The smallest absolute Gasteiger partial charge is 0.129 e. The van der Waals surface area contributed by atoms with Gasteiger partial charge in [-0.1, -0.05) is 25.1 Å². The second kappa shape index (κ2) is 5.29. The highest BCUT2D eigenvalue weighted by molar-refractivity contribution is 5.39. The molecule has 0 bridgehead atoms. The highest BCUT2D eigenvalue weighted by Crippen LogP contribution is 2.41. The minimum atomic E-state index is 0.0750. The van der Waals surface area contributed by atoms with Crippen LogP contribution in [0.2, 0.25) is 0 Å². The van der Waals surface area contributed by atoms with Gasteiger partial charge < -0.3 is 10.1 Å². The molecule has 0 saturated heterocycles. The number of hydrogen-bond acceptors (Lipinski definition) is 3. The van der Waals surface area contributed by atoms with Crippen molar-refractivity contribution in [3.8, 4) is 5.75 Å². The lowest BCUT2D eigenvalue weighted by molar-refractivity contribution is 0.153. The SMILES string of the molecule is CCc1nn(C)cc1C1CC(NC)c2ccccc2O1. The lowest BCUT2D eigenvalue weighted by Gasteiger charge is -2.32. The Morgan fingerprint density at radius 1 is 1.35 bits per heavy atom. The van der Waals surface area contributed by atoms with Crippen LogP contribution in [0.3, 0.4) is 0 Å². The fourth-order valence-corrected chi connectivity index (χ4v) is 2.98. The minimum Gasteiger partial charge on any atom is -0.485 e. The summed E-state index contributed by atoms with van der Waals surface area (Å²) in [5, 5.41) is 7.92. The van der Waals surface area contributed by atoms with Gasteiger partial charge >= 0.3 is 0 Å². The monoisotopic (exact) mass is 271 g/mol. The molecule has 1 aliphatic rings. The number of para-hydroxylation sites is 1. The standard InChI is InChI=1S/C16H21N3O/c1-4-13-12(10-19(3)18-13)16-9-14(17-2)11-7-5-6-8-15(11)20-16/h5-8,10,14,16-17H,4,9H2,1-3H3. The molecular weight excluding hydrogens is 250 g/mol. The molecule has 0 radical (unpaired) electrons. The van der Waals surface area contributed by atoms with E-state index in [0.29, 0.717) is 6.04 Å². The average Bonchev–Trinajstić information content (AvgIpc) is 2.87. The van der Waals surface area contributed by atoms with E-state index in [1.54, 1.807) is 0 Å². The van der Waals surface area contributed by atoms with Gasteiger partial charge in [0, 0.05) is 36.8 Å². The zero-order chi connectivity index (χ0) is 14.1. The number of rotatable bonds is 3. The van der Waals surface area contributed by atoms with Crippen molar-refractivity contribution in [1.82, 2.24) is 15.1 Å². The molecule has 4 nitrogen and oxygen atoms in total. The number of nitrogens with one attached hydrogen (secondary N) is 1. The van der Waals surface area contributed by atoms with Gasteiger partial charge in [0.05, 0.1) is 5.69 Å². The number of benzene rings is 1. The van der Waals surface area contributed by atoms with Crippen LogP contribution in [0.4, 0.5) is 0 Å². The molecule has 106 valence electrons. The summed E-state index contributed by atoms with van der Waals surface area (Å²) in [5.41, 5.74) is 3.59. The Morgan fingerprint density at radius 2 is 2.15 bits per heavy atom. The number of hydrogen-bond donors (Lipinski definition) is 1. The molecular formula is C16H21N3O. The topological polar surface area (TPSA) is 39.1 Å². The third-order valence-electron chi connectivity index (χ3n) is 3.98. The Morgan fingerprint density at radius 3 is 2.90 bits per heavy atom. The maximum atomic E-state index is 6.21. The maximum absolute atomic E-state index is 6.21. The number of aryl methyl sites for hydroxylation is 2. The summed E-state index contributed by atoms with van der Waals surface area (Å²) in [5.74, 6) is 0.981. The number of fused-ring (bicyclic) bond motifs is 1. The van der Waals surface area contributed by atoms with E-state index in [2.05, 4.69) is 35.7 Å². The van der Waals surface area contributed by atoms with Crippen molar-refractivity contribution in [1.29, 1.82) is 0 Å². The first-order valence-electron chi connectivity index (χ1n) is 7.18. The van der Waals surface area contributed by atoms with E-state index >= 15 is 0 Å². The van der Waals surface area contributed by atoms with Crippen molar-refractivity contribution in [2.24, 2.45) is 7.05 Å². The molecule has 0 amide bonds. The first kappa shape index (κ1) is 13.2. The van der Waals surface area contributed by atoms with Gasteiger partial charge in [0.15, 0.2) is 0 Å². The van der Waals surface area contributed by atoms with Crippen molar-refractivity contribution >= 4 is 0 Å². The maximum Gasteiger partial charge on any atom is 0.129 e. The Labute approximate surface area is 119 Å². The van der Waals surface area contributed by atoms with E-state index in [9.17, 15) is 0 Å². The summed E-state index contributed by atoms with van der Waals surface area (Å²) in [6.07, 6.45) is 4.03. The van der Waals surface area contributed by atoms with Crippen LogP contribution in [0, 0.1) is 0 Å². The van der Waals surface area contributed by atoms with Crippen LogP contribution in [0.1, 0.15) is 42.3 Å². The molecule has 1 N–H and O–H groups in total. The lowest BCUT2D eigenvalue weighted by Crippen LogP contribution is -2.27. The van der Waals surface area contributed by atoms with Crippen molar-refractivity contribution in [3.63, 3.8) is 0 Å². The predicted molar refractivity (Wildman–Crippen MR) is 78.8 cm³/mol. The molecule has 2 aromatic rings. The van der Waals surface area contributed by atoms with Crippen LogP contribution in [-0.2, 0) is 13.5 Å². The molecule has 1 aliphatic heterocycles. The van der Waals surface area contributed by atoms with E-state index in [1.165, 1.54) is 11.1 Å². The Hall–Kier alpha value is -1.81. The molecule has 1 aromatic heterocycles. The molecule has 2 unspecified atom stereocenters. The fourth-order valence-electron chi connectivity index (χ4n) is 2.98. The van der Waals surface area contributed by atoms with E-state index in [0.717, 1.165) is 24.3 Å². The van der Waals surface area contributed by atoms with Gasteiger partial charge in [0.25, 0.3) is 0 Å². The molecule has 0 fully saturated rings. The highest BCUT2D eigenvalue weighted by Gasteiger charge is 2.30. The number of nitrogens with zero attached hydrogens (tertiary/aromatic N) is 2. The molecule has 0 saturated carbocycles. The molecule has 2 heterocycles. The second-order valence-electron chi connectivity index (χ2n) is 5.28. The van der Waals surface area contributed by atoms with Crippen LogP contribution in [0.5, 0.6) is 5.75 Å². The molecule has 20 heavy (non-hydrogen) atoms. The van der Waals surface area contributed by atoms with E-state index in [1.807, 2.05) is 30.9 Å². The predicted octanol–water partition coefficient (Wildman–Crippen LogP) is 2.77. The van der Waals surface area contributed by atoms with E-state index in [4.69, 9.17) is 4.74 Å². The van der Waals surface area contributed by atoms with Crippen LogP contribution in [-0.4, -0.2) is 16.8 Å². The third kappa shape index (κ3) is 2.20. The number of ether oxygens (including phenoxy) is 1. The van der Waals surface area contributed by atoms with E-state index in [-0.39, 0.29) is 6.10 Å². The van der Waals surface area contributed by atoms with Gasteiger partial charge in [-0.25, -0.2) is 0 Å². The van der Waals surface area contributed by atoms with Gasteiger partial charge in [-0.05, 0) is 19.5 Å². The molecule has 2 atom stereocenters. The van der Waals surface area contributed by atoms with Crippen molar-refractivity contribution < 1.29 is 4.74 Å². The molecule has 1 aromatic carbocycles.